The van der Waals surface area contributed by atoms with Gasteiger partial charge in [-0.25, -0.2) is 4.98 Å². The van der Waals surface area contributed by atoms with Crippen LogP contribution in [0.3, 0.4) is 0 Å². The number of hydrogen-bond donors (Lipinski definition) is 1. The van der Waals surface area contributed by atoms with Crippen molar-refractivity contribution in [3.8, 4) is 0 Å². The molecule has 3 nitrogen and oxygen atoms in total. The molecule has 2 N–H and O–H groups in total. The number of anilines is 1. The number of nitrogen functional groups attached to an aromatic ring is 1. The third-order valence-electron chi connectivity index (χ3n) is 2.79. The van der Waals surface area contributed by atoms with Gasteiger partial charge in [0.25, 0.3) is 0 Å². The van der Waals surface area contributed by atoms with E-state index < -0.39 is 0 Å². The van der Waals surface area contributed by atoms with Crippen molar-refractivity contribution in [3.05, 3.63) is 47.5 Å². The smallest absolute Gasteiger partial charge is 0.113 e. The first-order chi connectivity index (χ1) is 7.70. The number of hydrogen-bond acceptors (Lipinski definition) is 2. The Kier molecular flexibility index (Phi) is 2.95. The van der Waals surface area contributed by atoms with E-state index in [1.54, 1.807) is 0 Å². The van der Waals surface area contributed by atoms with Gasteiger partial charge in [-0.1, -0.05) is 17.7 Å². The van der Waals surface area contributed by atoms with Crippen LogP contribution in [0.5, 0.6) is 0 Å². The highest BCUT2D eigenvalue weighted by atomic mass is 15.0. The first-order valence-corrected chi connectivity index (χ1v) is 5.55. The molecule has 0 aliphatic rings. The Labute approximate surface area is 95.9 Å². The second-order valence-electron chi connectivity index (χ2n) is 4.01. The fourth-order valence-corrected chi connectivity index (χ4v) is 1.85. The molecule has 1 aromatic carbocycles. The topological polar surface area (TPSA) is 43.8 Å². The Bertz CT molecular complexity index is 486. The van der Waals surface area contributed by atoms with Gasteiger partial charge in [0.15, 0.2) is 0 Å². The highest BCUT2D eigenvalue weighted by Crippen LogP contribution is 2.17. The molecular formula is C13H17N3. The van der Waals surface area contributed by atoms with Crippen molar-refractivity contribution in [1.82, 2.24) is 9.55 Å². The summed E-state index contributed by atoms with van der Waals surface area (Å²) < 4.78 is 2.14. The lowest BCUT2D eigenvalue weighted by molar-refractivity contribution is 0.712. The SMILES string of the molecule is CCn1ccnc1Cc1cc(C)ccc1N. The third-order valence-corrected chi connectivity index (χ3v) is 2.79. The van der Waals surface area contributed by atoms with Crippen molar-refractivity contribution in [2.75, 3.05) is 5.73 Å². The molecule has 0 amide bonds. The summed E-state index contributed by atoms with van der Waals surface area (Å²) in [7, 11) is 0. The normalized spacial score (nSPS) is 10.6. The van der Waals surface area contributed by atoms with E-state index in [4.69, 9.17) is 5.73 Å². The predicted molar refractivity (Wildman–Crippen MR) is 66.3 cm³/mol. The van der Waals surface area contributed by atoms with E-state index in [1.807, 2.05) is 24.5 Å². The van der Waals surface area contributed by atoms with Gasteiger partial charge in [0, 0.05) is 31.0 Å². The van der Waals surface area contributed by atoms with Crippen LogP contribution in [0.15, 0.2) is 30.6 Å². The van der Waals surface area contributed by atoms with Gasteiger partial charge in [-0.3, -0.25) is 0 Å². The zero-order valence-corrected chi connectivity index (χ0v) is 9.77. The van der Waals surface area contributed by atoms with Crippen molar-refractivity contribution < 1.29 is 0 Å². The van der Waals surface area contributed by atoms with Crippen LogP contribution in [0.1, 0.15) is 23.9 Å². The summed E-state index contributed by atoms with van der Waals surface area (Å²) in [6.07, 6.45) is 4.64. The standard InChI is InChI=1S/C13H17N3/c1-3-16-7-6-15-13(16)9-11-8-10(2)4-5-12(11)14/h4-8H,3,9,14H2,1-2H3. The van der Waals surface area contributed by atoms with Crippen LogP contribution >= 0.6 is 0 Å². The molecule has 84 valence electrons. The van der Waals surface area contributed by atoms with Crippen molar-refractivity contribution in [1.29, 1.82) is 0 Å². The van der Waals surface area contributed by atoms with Gasteiger partial charge in [-0.05, 0) is 25.5 Å². The second kappa shape index (κ2) is 4.39. The highest BCUT2D eigenvalue weighted by molar-refractivity contribution is 5.49. The van der Waals surface area contributed by atoms with E-state index in [-0.39, 0.29) is 0 Å². The van der Waals surface area contributed by atoms with Crippen LogP contribution in [-0.2, 0) is 13.0 Å². The van der Waals surface area contributed by atoms with E-state index in [9.17, 15) is 0 Å². The molecule has 16 heavy (non-hydrogen) atoms. The largest absolute Gasteiger partial charge is 0.398 e. The molecular weight excluding hydrogens is 198 g/mol. The lowest BCUT2D eigenvalue weighted by atomic mass is 10.1. The summed E-state index contributed by atoms with van der Waals surface area (Å²) in [5.41, 5.74) is 9.19. The van der Waals surface area contributed by atoms with Crippen LogP contribution < -0.4 is 5.73 Å². The van der Waals surface area contributed by atoms with E-state index in [1.165, 1.54) is 5.56 Å². The maximum atomic E-state index is 5.96. The van der Waals surface area contributed by atoms with E-state index >= 15 is 0 Å². The number of nitrogens with zero attached hydrogens (tertiary/aromatic N) is 2. The van der Waals surface area contributed by atoms with Crippen molar-refractivity contribution >= 4 is 5.69 Å². The number of benzene rings is 1. The zero-order chi connectivity index (χ0) is 11.5. The summed E-state index contributed by atoms with van der Waals surface area (Å²) in [6.45, 7) is 5.14. The molecule has 0 unspecified atom stereocenters. The Balaban J connectivity index is 2.30. The monoisotopic (exact) mass is 215 g/mol. The summed E-state index contributed by atoms with van der Waals surface area (Å²) >= 11 is 0. The molecule has 0 bridgehead atoms. The first kappa shape index (κ1) is 10.7. The maximum absolute atomic E-state index is 5.96. The van der Waals surface area contributed by atoms with Crippen LogP contribution in [0, 0.1) is 6.92 Å². The van der Waals surface area contributed by atoms with Crippen LogP contribution in [-0.4, -0.2) is 9.55 Å². The second-order valence-corrected chi connectivity index (χ2v) is 4.01. The van der Waals surface area contributed by atoms with Gasteiger partial charge in [0.1, 0.15) is 5.82 Å². The maximum Gasteiger partial charge on any atom is 0.113 e. The fourth-order valence-electron chi connectivity index (χ4n) is 1.85. The van der Waals surface area contributed by atoms with Gasteiger partial charge in [0.2, 0.25) is 0 Å². The van der Waals surface area contributed by atoms with Gasteiger partial charge in [-0.15, -0.1) is 0 Å². The minimum Gasteiger partial charge on any atom is -0.398 e. The number of rotatable bonds is 3. The number of nitrogens with two attached hydrogens (primary N) is 1. The van der Waals surface area contributed by atoms with Gasteiger partial charge in [-0.2, -0.15) is 0 Å². The molecule has 0 aliphatic heterocycles. The molecule has 2 aromatic rings. The molecule has 0 saturated carbocycles. The molecule has 2 rings (SSSR count). The first-order valence-electron chi connectivity index (χ1n) is 5.55. The van der Waals surface area contributed by atoms with Crippen molar-refractivity contribution in [2.45, 2.75) is 26.8 Å². The molecule has 0 fully saturated rings. The third kappa shape index (κ3) is 2.08. The fraction of sp³-hybridized carbons (Fsp3) is 0.308. The molecule has 0 atom stereocenters. The summed E-state index contributed by atoms with van der Waals surface area (Å²) in [6, 6.07) is 6.12. The zero-order valence-electron chi connectivity index (χ0n) is 9.77. The van der Waals surface area contributed by atoms with Crippen LogP contribution in [0.4, 0.5) is 5.69 Å². The Morgan fingerprint density at radius 2 is 2.19 bits per heavy atom. The number of imidazole rings is 1. The Morgan fingerprint density at radius 3 is 2.94 bits per heavy atom. The Hall–Kier alpha value is -1.77. The number of aryl methyl sites for hydroxylation is 2. The quantitative estimate of drug-likeness (QED) is 0.799. The van der Waals surface area contributed by atoms with E-state index in [0.29, 0.717) is 0 Å². The lowest BCUT2D eigenvalue weighted by Gasteiger charge is -2.08. The minimum atomic E-state index is 0.800. The highest BCUT2D eigenvalue weighted by Gasteiger charge is 2.05. The molecule has 1 aromatic heterocycles. The molecule has 3 heteroatoms. The lowest BCUT2D eigenvalue weighted by Crippen LogP contribution is -2.04. The van der Waals surface area contributed by atoms with E-state index in [0.717, 1.165) is 30.0 Å². The minimum absolute atomic E-state index is 0.800. The summed E-state index contributed by atoms with van der Waals surface area (Å²) in [5.74, 6) is 1.07. The van der Waals surface area contributed by atoms with Gasteiger partial charge < -0.3 is 10.3 Å². The van der Waals surface area contributed by atoms with Crippen molar-refractivity contribution in [2.24, 2.45) is 0 Å². The van der Waals surface area contributed by atoms with Gasteiger partial charge >= 0.3 is 0 Å². The molecule has 1 heterocycles. The summed E-state index contributed by atoms with van der Waals surface area (Å²) in [5, 5.41) is 0. The Morgan fingerprint density at radius 1 is 1.38 bits per heavy atom. The molecule has 0 spiro atoms. The number of aromatic nitrogens is 2. The van der Waals surface area contributed by atoms with Crippen molar-refractivity contribution in [3.63, 3.8) is 0 Å². The molecule has 0 radical (unpaired) electrons. The predicted octanol–water partition coefficient (Wildman–Crippen LogP) is 2.38. The molecule has 0 aliphatic carbocycles. The average Bonchev–Trinajstić information content (AvgIpc) is 2.71. The molecule has 0 saturated heterocycles. The van der Waals surface area contributed by atoms with Crippen LogP contribution in [0.25, 0.3) is 0 Å². The van der Waals surface area contributed by atoms with Gasteiger partial charge in [0.05, 0.1) is 0 Å². The summed E-state index contributed by atoms with van der Waals surface area (Å²) in [4.78, 5) is 4.36. The van der Waals surface area contributed by atoms with E-state index in [2.05, 4.69) is 29.5 Å². The van der Waals surface area contributed by atoms with Crippen LogP contribution in [0.2, 0.25) is 0 Å². The average molecular weight is 215 g/mol.